The molecule has 0 aliphatic rings. The van der Waals surface area contributed by atoms with Crippen LogP contribution < -0.4 is 24.0 Å². The van der Waals surface area contributed by atoms with Gasteiger partial charge in [-0.25, -0.2) is 0 Å². The Morgan fingerprint density at radius 1 is 0.920 bits per heavy atom. The second-order valence-electron chi connectivity index (χ2n) is 7.76. The van der Waals surface area contributed by atoms with E-state index in [-0.39, 0.29) is 36.4 Å². The SMILES string of the molecule is CCCCCCCCCCCC(=O)O[C@H](CC(=O)O)C[N+](C)(C)C.[I-]. The quantitative estimate of drug-likeness (QED) is 0.168. The first-order valence-electron chi connectivity index (χ1n) is 9.46. The summed E-state index contributed by atoms with van der Waals surface area (Å²) in [6, 6.07) is 0. The third-order valence-electron chi connectivity index (χ3n) is 3.94. The number of carbonyl (C=O) groups is 2. The number of hydrogen-bond donors (Lipinski definition) is 1. The van der Waals surface area contributed by atoms with Crippen molar-refractivity contribution in [1.82, 2.24) is 0 Å². The van der Waals surface area contributed by atoms with Gasteiger partial charge >= 0.3 is 11.9 Å². The molecule has 6 heteroatoms. The van der Waals surface area contributed by atoms with E-state index in [1.54, 1.807) is 0 Å². The highest BCUT2D eigenvalue weighted by Crippen LogP contribution is 2.12. The van der Waals surface area contributed by atoms with Gasteiger partial charge in [-0.05, 0) is 6.42 Å². The van der Waals surface area contributed by atoms with Gasteiger partial charge in [-0.3, -0.25) is 9.59 Å². The molecule has 0 fully saturated rings. The topological polar surface area (TPSA) is 63.6 Å². The van der Waals surface area contributed by atoms with Crippen molar-refractivity contribution in [3.63, 3.8) is 0 Å². The van der Waals surface area contributed by atoms with Crippen molar-refractivity contribution in [2.45, 2.75) is 83.7 Å². The van der Waals surface area contributed by atoms with E-state index in [4.69, 9.17) is 9.84 Å². The lowest BCUT2D eigenvalue weighted by molar-refractivity contribution is -0.873. The van der Waals surface area contributed by atoms with Gasteiger partial charge in [0.2, 0.25) is 0 Å². The summed E-state index contributed by atoms with van der Waals surface area (Å²) in [4.78, 5) is 22.8. The summed E-state index contributed by atoms with van der Waals surface area (Å²) in [6.45, 7) is 2.73. The van der Waals surface area contributed by atoms with Gasteiger partial charge < -0.3 is 38.3 Å². The summed E-state index contributed by atoms with van der Waals surface area (Å²) in [7, 11) is 5.88. The molecule has 0 radical (unpaired) electrons. The molecule has 0 heterocycles. The minimum Gasteiger partial charge on any atom is -1.00 e. The zero-order chi connectivity index (χ0) is 18.4. The molecule has 0 bridgehead atoms. The summed E-state index contributed by atoms with van der Waals surface area (Å²) in [6.07, 6.45) is 10.5. The van der Waals surface area contributed by atoms with Gasteiger partial charge in [0.15, 0.2) is 6.10 Å². The van der Waals surface area contributed by atoms with Crippen LogP contribution in [0.5, 0.6) is 0 Å². The third kappa shape index (κ3) is 19.8. The van der Waals surface area contributed by atoms with Gasteiger partial charge in [0.05, 0.1) is 27.6 Å². The number of rotatable bonds is 15. The van der Waals surface area contributed by atoms with Crippen LogP contribution in [0.2, 0.25) is 0 Å². The molecular formula is C19H38INO4. The van der Waals surface area contributed by atoms with Crippen molar-refractivity contribution in [3.05, 3.63) is 0 Å². The number of ether oxygens (including phenoxy) is 1. The molecule has 0 aromatic rings. The normalized spacial score (nSPS) is 12.3. The van der Waals surface area contributed by atoms with E-state index in [9.17, 15) is 9.59 Å². The molecule has 5 nitrogen and oxygen atoms in total. The maximum atomic E-state index is 11.9. The van der Waals surface area contributed by atoms with E-state index in [2.05, 4.69) is 6.92 Å². The first kappa shape index (κ1) is 26.9. The Balaban J connectivity index is 0. The fraction of sp³-hybridized carbons (Fsp3) is 0.895. The first-order valence-corrected chi connectivity index (χ1v) is 9.46. The second-order valence-corrected chi connectivity index (χ2v) is 7.76. The lowest BCUT2D eigenvalue weighted by atomic mass is 10.1. The number of hydrogen-bond acceptors (Lipinski definition) is 3. The van der Waals surface area contributed by atoms with Gasteiger partial charge in [0.1, 0.15) is 6.54 Å². The highest BCUT2D eigenvalue weighted by Gasteiger charge is 2.24. The third-order valence-corrected chi connectivity index (χ3v) is 3.94. The standard InChI is InChI=1S/C19H37NO4.HI/c1-5-6-7-8-9-10-11-12-13-14-19(23)24-17(15-18(21)22)16-20(2,3)4;/h17H,5-16H2,1-4H3;1H/t17-;/m1./s1. The number of carbonyl (C=O) groups excluding carboxylic acids is 1. The molecule has 0 saturated heterocycles. The molecule has 0 aliphatic carbocycles. The maximum absolute atomic E-state index is 11.9. The Labute approximate surface area is 171 Å². The van der Waals surface area contributed by atoms with Crippen molar-refractivity contribution in [2.75, 3.05) is 27.7 Å². The number of nitrogens with zero attached hydrogens (tertiary/aromatic N) is 1. The number of quaternary nitrogens is 1. The Morgan fingerprint density at radius 2 is 1.40 bits per heavy atom. The van der Waals surface area contributed by atoms with E-state index >= 15 is 0 Å². The van der Waals surface area contributed by atoms with Crippen LogP contribution in [0.1, 0.15) is 77.6 Å². The molecule has 0 aliphatic heterocycles. The molecule has 0 aromatic heterocycles. The maximum Gasteiger partial charge on any atom is 0.307 e. The lowest BCUT2D eigenvalue weighted by Gasteiger charge is -2.28. The highest BCUT2D eigenvalue weighted by atomic mass is 127. The average Bonchev–Trinajstić information content (AvgIpc) is 2.42. The molecule has 25 heavy (non-hydrogen) atoms. The van der Waals surface area contributed by atoms with Crippen LogP contribution in [0.3, 0.4) is 0 Å². The molecule has 0 unspecified atom stereocenters. The summed E-state index contributed by atoms with van der Waals surface area (Å²) in [5.41, 5.74) is 0. The number of carboxylic acid groups (broad SMARTS) is 1. The highest BCUT2D eigenvalue weighted by molar-refractivity contribution is 5.71. The number of halogens is 1. The van der Waals surface area contributed by atoms with Crippen molar-refractivity contribution in [1.29, 1.82) is 0 Å². The lowest BCUT2D eigenvalue weighted by Crippen LogP contribution is -3.00. The van der Waals surface area contributed by atoms with Crippen LogP contribution in [0.4, 0.5) is 0 Å². The first-order chi connectivity index (χ1) is 11.2. The number of unbranched alkanes of at least 4 members (excludes halogenated alkanes) is 8. The molecule has 1 atom stereocenters. The van der Waals surface area contributed by atoms with Crippen LogP contribution in [-0.2, 0) is 14.3 Å². The summed E-state index contributed by atoms with van der Waals surface area (Å²) in [5.74, 6) is -1.19. The minimum atomic E-state index is -0.927. The summed E-state index contributed by atoms with van der Waals surface area (Å²) in [5, 5.41) is 8.95. The summed E-state index contributed by atoms with van der Waals surface area (Å²) < 4.78 is 5.95. The smallest absolute Gasteiger partial charge is 0.307 e. The van der Waals surface area contributed by atoms with Crippen LogP contribution >= 0.6 is 0 Å². The molecule has 0 spiro atoms. The molecule has 0 rings (SSSR count). The van der Waals surface area contributed by atoms with Gasteiger partial charge in [-0.2, -0.15) is 0 Å². The molecule has 150 valence electrons. The fourth-order valence-corrected chi connectivity index (χ4v) is 2.77. The fourth-order valence-electron chi connectivity index (χ4n) is 2.77. The Morgan fingerprint density at radius 3 is 1.84 bits per heavy atom. The average molecular weight is 471 g/mol. The predicted molar refractivity (Wildman–Crippen MR) is 96.9 cm³/mol. The Hall–Kier alpha value is -0.370. The Kier molecular flexibility index (Phi) is 17.0. The van der Waals surface area contributed by atoms with Crippen molar-refractivity contribution >= 4 is 11.9 Å². The number of likely N-dealkylation sites (N-methyl/N-ethyl adjacent to an activating group) is 1. The molecule has 0 aromatic carbocycles. The van der Waals surface area contributed by atoms with Crippen LogP contribution in [-0.4, -0.2) is 55.3 Å². The van der Waals surface area contributed by atoms with Crippen LogP contribution in [0, 0.1) is 0 Å². The van der Waals surface area contributed by atoms with Crippen molar-refractivity contribution in [3.8, 4) is 0 Å². The van der Waals surface area contributed by atoms with Crippen LogP contribution in [0.15, 0.2) is 0 Å². The monoisotopic (exact) mass is 471 g/mol. The van der Waals surface area contributed by atoms with Gasteiger partial charge in [-0.1, -0.05) is 58.3 Å². The largest absolute Gasteiger partial charge is 1.00 e. The minimum absolute atomic E-state index is 0. The number of carboxylic acids is 1. The molecule has 0 saturated carbocycles. The molecular weight excluding hydrogens is 433 g/mol. The zero-order valence-corrected chi connectivity index (χ0v) is 18.7. The zero-order valence-electron chi connectivity index (χ0n) is 16.6. The summed E-state index contributed by atoms with van der Waals surface area (Å²) >= 11 is 0. The molecule has 0 amide bonds. The van der Waals surface area contributed by atoms with E-state index in [0.717, 1.165) is 19.3 Å². The van der Waals surface area contributed by atoms with E-state index in [1.165, 1.54) is 38.5 Å². The van der Waals surface area contributed by atoms with Gasteiger partial charge in [0.25, 0.3) is 0 Å². The van der Waals surface area contributed by atoms with Gasteiger partial charge in [0, 0.05) is 6.42 Å². The number of esters is 1. The second kappa shape index (κ2) is 15.9. The van der Waals surface area contributed by atoms with Crippen molar-refractivity contribution < 1.29 is 47.9 Å². The number of aliphatic carboxylic acids is 1. The predicted octanol–water partition coefficient (Wildman–Crippen LogP) is 1.00. The van der Waals surface area contributed by atoms with E-state index in [1.807, 2.05) is 21.1 Å². The van der Waals surface area contributed by atoms with E-state index in [0.29, 0.717) is 17.4 Å². The van der Waals surface area contributed by atoms with Crippen LogP contribution in [0.25, 0.3) is 0 Å². The van der Waals surface area contributed by atoms with Crippen molar-refractivity contribution in [2.24, 2.45) is 0 Å². The Bertz CT molecular complexity index is 356. The van der Waals surface area contributed by atoms with Gasteiger partial charge in [-0.15, -0.1) is 0 Å². The van der Waals surface area contributed by atoms with E-state index < -0.39 is 12.1 Å². The molecule has 1 N–H and O–H groups in total.